The molecular formula is C28H36N5O7P. The van der Waals surface area contributed by atoms with Gasteiger partial charge in [-0.05, 0) is 54.7 Å². The SMILES string of the molecule is COCP(=O)(NC(C)(C(=O)O)C(C)C)Oc1cc(O)c(-c2n[nH]c(=O)n2-c2ccc3c(ccn3C)c2)cc1C(C)C. The number of hydrogen-bond donors (Lipinski definition) is 4. The van der Waals surface area contributed by atoms with E-state index in [1.54, 1.807) is 26.0 Å². The first-order valence-electron chi connectivity index (χ1n) is 13.1. The van der Waals surface area contributed by atoms with Crippen LogP contribution in [-0.2, 0) is 21.1 Å². The van der Waals surface area contributed by atoms with E-state index in [0.29, 0.717) is 11.3 Å². The summed E-state index contributed by atoms with van der Waals surface area (Å²) in [6.07, 6.45) is 1.51. The maximum atomic E-state index is 13.9. The van der Waals surface area contributed by atoms with Gasteiger partial charge >= 0.3 is 19.2 Å². The van der Waals surface area contributed by atoms with E-state index in [1.807, 2.05) is 49.9 Å². The summed E-state index contributed by atoms with van der Waals surface area (Å²) < 4.78 is 28.4. The molecule has 2 atom stereocenters. The lowest BCUT2D eigenvalue weighted by Gasteiger charge is -2.34. The number of ether oxygens (including phenoxy) is 1. The Balaban J connectivity index is 1.81. The van der Waals surface area contributed by atoms with Crippen LogP contribution in [0.5, 0.6) is 11.5 Å². The van der Waals surface area contributed by atoms with Crippen molar-refractivity contribution in [1.29, 1.82) is 0 Å². The minimum absolute atomic E-state index is 0.0840. The first-order chi connectivity index (χ1) is 19.2. The van der Waals surface area contributed by atoms with Crippen LogP contribution >= 0.6 is 7.52 Å². The molecule has 0 amide bonds. The highest BCUT2D eigenvalue weighted by atomic mass is 31.2. The van der Waals surface area contributed by atoms with E-state index >= 15 is 0 Å². The molecule has 0 saturated carbocycles. The number of rotatable bonds is 11. The largest absolute Gasteiger partial charge is 0.507 e. The molecule has 0 fully saturated rings. The number of H-pyrrole nitrogens is 1. The minimum Gasteiger partial charge on any atom is -0.507 e. The molecule has 12 nitrogen and oxygen atoms in total. The van der Waals surface area contributed by atoms with Crippen LogP contribution in [0.25, 0.3) is 28.0 Å². The molecule has 0 saturated heterocycles. The predicted molar refractivity (Wildman–Crippen MR) is 156 cm³/mol. The molecule has 0 aliphatic carbocycles. The second kappa shape index (κ2) is 11.2. The summed E-state index contributed by atoms with van der Waals surface area (Å²) in [5.74, 6) is -1.84. The summed E-state index contributed by atoms with van der Waals surface area (Å²) in [5, 5.41) is 31.3. The molecule has 4 aromatic rings. The average Bonchev–Trinajstić information content (AvgIpc) is 3.45. The van der Waals surface area contributed by atoms with E-state index in [0.717, 1.165) is 10.9 Å². The van der Waals surface area contributed by atoms with Gasteiger partial charge in [0.05, 0.1) is 11.3 Å². The van der Waals surface area contributed by atoms with E-state index in [1.165, 1.54) is 24.7 Å². The highest BCUT2D eigenvalue weighted by Gasteiger charge is 2.44. The van der Waals surface area contributed by atoms with Gasteiger partial charge in [-0.25, -0.2) is 19.5 Å². The fourth-order valence-corrected chi connectivity index (χ4v) is 6.65. The van der Waals surface area contributed by atoms with Crippen LogP contribution in [0.1, 0.15) is 46.1 Å². The number of benzene rings is 2. The fraction of sp³-hybridized carbons (Fsp3) is 0.393. The molecule has 2 heterocycles. The van der Waals surface area contributed by atoms with Crippen LogP contribution in [0.4, 0.5) is 0 Å². The second-order valence-electron chi connectivity index (χ2n) is 10.9. The highest BCUT2D eigenvalue weighted by Crippen LogP contribution is 2.49. The molecule has 0 bridgehead atoms. The lowest BCUT2D eigenvalue weighted by Crippen LogP contribution is -2.52. The number of aliphatic carboxylic acids is 1. The quantitative estimate of drug-likeness (QED) is 0.181. The lowest BCUT2D eigenvalue weighted by atomic mass is 9.90. The number of aromatic hydroxyl groups is 1. The van der Waals surface area contributed by atoms with Crippen molar-refractivity contribution in [3.8, 4) is 28.6 Å². The Morgan fingerprint density at radius 3 is 2.51 bits per heavy atom. The van der Waals surface area contributed by atoms with Crippen molar-refractivity contribution in [3.05, 3.63) is 58.6 Å². The standard InChI is InChI=1S/C28H36N5O7P/c1-16(2)20-13-21(25-29-30-27(37)33(25)19-8-9-22-18(12-19)10-11-32(22)6)23(34)14-24(20)40-41(38,15-39-7)31-28(5,17(3)4)26(35)36/h8-14,16-17,34H,15H2,1-7H3,(H,30,37)(H,31,38)(H,35,36). The topological polar surface area (TPSA) is 161 Å². The summed E-state index contributed by atoms with van der Waals surface area (Å²) >= 11 is 0. The van der Waals surface area contributed by atoms with Gasteiger partial charge in [0, 0.05) is 37.3 Å². The van der Waals surface area contributed by atoms with Gasteiger partial charge in [-0.3, -0.25) is 9.36 Å². The number of nitrogens with one attached hydrogen (secondary N) is 2. The molecule has 220 valence electrons. The van der Waals surface area contributed by atoms with Crippen molar-refractivity contribution in [3.63, 3.8) is 0 Å². The van der Waals surface area contributed by atoms with Crippen LogP contribution < -0.4 is 15.3 Å². The molecule has 41 heavy (non-hydrogen) atoms. The number of carbonyl (C=O) groups is 1. The zero-order chi connectivity index (χ0) is 30.3. The van der Waals surface area contributed by atoms with Crippen LogP contribution in [0, 0.1) is 5.92 Å². The summed E-state index contributed by atoms with van der Waals surface area (Å²) in [5.41, 5.74) is 0.274. The highest BCUT2D eigenvalue weighted by molar-refractivity contribution is 7.57. The summed E-state index contributed by atoms with van der Waals surface area (Å²) in [4.78, 5) is 25.0. The number of aromatic nitrogens is 4. The number of methoxy groups -OCH3 is 1. The average molecular weight is 586 g/mol. The van der Waals surface area contributed by atoms with Crippen LogP contribution in [0.15, 0.2) is 47.4 Å². The summed E-state index contributed by atoms with van der Waals surface area (Å²) in [6.45, 7) is 8.58. The van der Waals surface area contributed by atoms with Crippen molar-refractivity contribution in [1.82, 2.24) is 24.4 Å². The zero-order valence-electron chi connectivity index (χ0n) is 24.1. The Bertz CT molecular complexity index is 1700. The third kappa shape index (κ3) is 5.68. The van der Waals surface area contributed by atoms with Crippen molar-refractivity contribution in [2.75, 3.05) is 13.5 Å². The molecule has 0 aliphatic heterocycles. The summed E-state index contributed by atoms with van der Waals surface area (Å²) in [7, 11) is -0.701. The van der Waals surface area contributed by atoms with Gasteiger partial charge in [-0.15, -0.1) is 0 Å². The number of carboxylic acids is 1. The van der Waals surface area contributed by atoms with Crippen LogP contribution in [0.3, 0.4) is 0 Å². The normalized spacial score (nSPS) is 14.9. The second-order valence-corrected chi connectivity index (χ2v) is 12.9. The number of phenols is 1. The lowest BCUT2D eigenvalue weighted by molar-refractivity contribution is -0.145. The third-order valence-corrected chi connectivity index (χ3v) is 9.23. The monoisotopic (exact) mass is 585 g/mol. The first-order valence-corrected chi connectivity index (χ1v) is 14.9. The molecule has 2 aromatic carbocycles. The van der Waals surface area contributed by atoms with Crippen molar-refractivity contribution in [2.45, 2.75) is 46.1 Å². The Hall–Kier alpha value is -3.86. The zero-order valence-corrected chi connectivity index (χ0v) is 25.0. The molecule has 0 radical (unpaired) electrons. The number of phenolic OH excluding ortho intramolecular Hbond substituents is 1. The molecule has 2 aromatic heterocycles. The Morgan fingerprint density at radius 1 is 1.20 bits per heavy atom. The van der Waals surface area contributed by atoms with Gasteiger partial charge in [-0.2, -0.15) is 5.10 Å². The molecule has 4 rings (SSSR count). The number of carboxylic acid groups (broad SMARTS) is 1. The number of aryl methyl sites for hydroxylation is 1. The van der Waals surface area contributed by atoms with Crippen molar-refractivity contribution < 1.29 is 28.8 Å². The molecule has 13 heteroatoms. The van der Waals surface area contributed by atoms with Gasteiger partial charge in [0.15, 0.2) is 5.82 Å². The van der Waals surface area contributed by atoms with E-state index in [9.17, 15) is 24.4 Å². The summed E-state index contributed by atoms with van der Waals surface area (Å²) in [6, 6.07) is 10.4. The molecule has 0 aliphatic rings. The maximum Gasteiger partial charge on any atom is 0.348 e. The van der Waals surface area contributed by atoms with E-state index in [-0.39, 0.29) is 28.8 Å². The Labute approximate surface area is 237 Å². The van der Waals surface area contributed by atoms with Gasteiger partial charge in [0.1, 0.15) is 23.4 Å². The molecule has 4 N–H and O–H groups in total. The third-order valence-electron chi connectivity index (χ3n) is 7.34. The maximum absolute atomic E-state index is 13.9. The van der Waals surface area contributed by atoms with Crippen LogP contribution in [-0.4, -0.2) is 54.5 Å². The first kappa shape index (κ1) is 30.1. The predicted octanol–water partition coefficient (Wildman–Crippen LogP) is 4.81. The van der Waals surface area contributed by atoms with Crippen molar-refractivity contribution in [2.24, 2.45) is 13.0 Å². The van der Waals surface area contributed by atoms with E-state index in [2.05, 4.69) is 15.3 Å². The number of fused-ring (bicyclic) bond motifs is 1. The number of aromatic amines is 1. The van der Waals surface area contributed by atoms with E-state index in [4.69, 9.17) is 9.26 Å². The Morgan fingerprint density at radius 2 is 1.90 bits per heavy atom. The minimum atomic E-state index is -3.96. The number of nitrogens with zero attached hydrogens (tertiary/aromatic N) is 3. The van der Waals surface area contributed by atoms with E-state index < -0.39 is 37.0 Å². The molecule has 2 unspecified atom stereocenters. The van der Waals surface area contributed by atoms with Crippen molar-refractivity contribution >= 4 is 24.4 Å². The molecular weight excluding hydrogens is 549 g/mol. The van der Waals surface area contributed by atoms with Gasteiger partial charge < -0.3 is 24.0 Å². The number of hydrogen-bond acceptors (Lipinski definition) is 7. The fourth-order valence-electron chi connectivity index (χ4n) is 4.61. The van der Waals surface area contributed by atoms with Gasteiger partial charge in [0.25, 0.3) is 0 Å². The van der Waals surface area contributed by atoms with Gasteiger partial charge in [0.2, 0.25) is 0 Å². The smallest absolute Gasteiger partial charge is 0.348 e. The Kier molecular flexibility index (Phi) is 8.22. The van der Waals surface area contributed by atoms with Gasteiger partial charge in [-0.1, -0.05) is 27.7 Å². The van der Waals surface area contributed by atoms with Crippen LogP contribution in [0.2, 0.25) is 0 Å². The molecule has 0 spiro atoms.